The van der Waals surface area contributed by atoms with Gasteiger partial charge in [0.2, 0.25) is 0 Å². The maximum Gasteiger partial charge on any atom is 0.184 e. The molecule has 0 atom stereocenters. The molecule has 0 radical (unpaired) electrons. The average molecular weight is 458 g/mol. The summed E-state index contributed by atoms with van der Waals surface area (Å²) in [6, 6.07) is 0. The lowest BCUT2D eigenvalue weighted by Crippen LogP contribution is -2.54. The van der Waals surface area contributed by atoms with Crippen LogP contribution in [-0.2, 0) is 4.43 Å². The molecule has 0 heterocycles. The van der Waals surface area contributed by atoms with Gasteiger partial charge < -0.3 is 4.43 Å². The number of rotatable bonds is 3. The first-order valence-electron chi connectivity index (χ1n) is 4.80. The second-order valence-corrected chi connectivity index (χ2v) is 16.1. The van der Waals surface area contributed by atoms with Crippen LogP contribution in [0.2, 0.25) is 39.3 Å². The lowest BCUT2D eigenvalue weighted by atomic mass is 10.5. The van der Waals surface area contributed by atoms with Crippen molar-refractivity contribution in [3.63, 3.8) is 0 Å². The summed E-state index contributed by atoms with van der Waals surface area (Å²) in [5, 5.41) is 0.122. The highest BCUT2D eigenvalue weighted by Gasteiger charge is 2.38. The van der Waals surface area contributed by atoms with E-state index in [1.165, 1.54) is 0 Å². The van der Waals surface area contributed by atoms with E-state index in [4.69, 9.17) is 4.43 Å². The molecule has 0 rings (SSSR count). The molecule has 0 aliphatic rings. The van der Waals surface area contributed by atoms with Crippen molar-refractivity contribution >= 4 is 53.6 Å². The van der Waals surface area contributed by atoms with Gasteiger partial charge >= 0.3 is 0 Å². The van der Waals surface area contributed by atoms with Crippen LogP contribution in [0.4, 0.5) is 0 Å². The van der Waals surface area contributed by atoms with Gasteiger partial charge in [0, 0.05) is 42.5 Å². The van der Waals surface area contributed by atoms with Crippen molar-refractivity contribution in [2.45, 2.75) is 58.4 Å². The van der Waals surface area contributed by atoms with Gasteiger partial charge in [-0.25, -0.2) is 0 Å². The highest BCUT2D eigenvalue weighted by molar-refractivity contribution is 15.0. The Morgan fingerprint density at radius 1 is 0.857 bits per heavy atom. The molecule has 5 heteroatoms. The van der Waals surface area contributed by atoms with E-state index < -0.39 is 16.4 Å². The smallest absolute Gasteiger partial charge is 0.184 e. The summed E-state index contributed by atoms with van der Waals surface area (Å²) in [7, 11) is -2.55. The third-order valence-electron chi connectivity index (χ3n) is 2.37. The molecule has 88 valence electrons. The van der Waals surface area contributed by atoms with Crippen molar-refractivity contribution in [1.82, 2.24) is 0 Å². The largest absolute Gasteiger partial charge is 0.415 e. The Balaban J connectivity index is 0. The van der Waals surface area contributed by atoms with Gasteiger partial charge in [0.1, 0.15) is 0 Å². The van der Waals surface area contributed by atoms with Gasteiger partial charge in [-0.3, -0.25) is 0 Å². The molecule has 0 aliphatic carbocycles. The second-order valence-electron chi connectivity index (χ2n) is 5.97. The standard InChI is InChI=1S/C9H24OSi2.I2/c1-9(2,11(3,4)5)10-12(6,7)8;1-2/h1-8H3;. The molecule has 0 fully saturated rings. The zero-order valence-corrected chi connectivity index (χ0v) is 17.0. The van der Waals surface area contributed by atoms with Crippen LogP contribution < -0.4 is 0 Å². The Morgan fingerprint density at radius 2 is 1.14 bits per heavy atom. The fraction of sp³-hybridized carbons (Fsp3) is 1.00. The fourth-order valence-corrected chi connectivity index (χ4v) is 4.59. The molecular weight excluding hydrogens is 434 g/mol. The van der Waals surface area contributed by atoms with Crippen molar-refractivity contribution in [1.29, 1.82) is 0 Å². The molecular formula is C9H24I2OSi2. The first-order valence-corrected chi connectivity index (χ1v) is 18.0. The Hall–Kier alpha value is 1.85. The Kier molecular flexibility index (Phi) is 8.53. The molecule has 0 saturated heterocycles. The minimum atomic E-state index is -1.37. The van der Waals surface area contributed by atoms with Gasteiger partial charge in [0.05, 0.1) is 8.07 Å². The summed E-state index contributed by atoms with van der Waals surface area (Å²) < 4.78 is 6.19. The van der Waals surface area contributed by atoms with Gasteiger partial charge in [0.25, 0.3) is 0 Å². The van der Waals surface area contributed by atoms with Gasteiger partial charge in [0.15, 0.2) is 8.32 Å². The molecule has 0 saturated carbocycles. The van der Waals surface area contributed by atoms with E-state index in [-0.39, 0.29) is 5.22 Å². The summed E-state index contributed by atoms with van der Waals surface area (Å²) in [5.74, 6) is 0. The van der Waals surface area contributed by atoms with Crippen molar-refractivity contribution in [3.8, 4) is 0 Å². The van der Waals surface area contributed by atoms with Crippen molar-refractivity contribution in [3.05, 3.63) is 0 Å². The van der Waals surface area contributed by atoms with Crippen LogP contribution >= 0.6 is 37.2 Å². The average Bonchev–Trinajstić information content (AvgIpc) is 1.83. The van der Waals surface area contributed by atoms with E-state index in [2.05, 4.69) is 90.4 Å². The van der Waals surface area contributed by atoms with Crippen LogP contribution in [0.25, 0.3) is 0 Å². The number of halogens is 2. The zero-order chi connectivity index (χ0) is 12.2. The van der Waals surface area contributed by atoms with Crippen molar-refractivity contribution in [2.75, 3.05) is 0 Å². The predicted molar refractivity (Wildman–Crippen MR) is 89.9 cm³/mol. The molecule has 0 N–H and O–H groups in total. The highest BCUT2D eigenvalue weighted by Crippen LogP contribution is 2.27. The summed E-state index contributed by atoms with van der Waals surface area (Å²) in [4.78, 5) is 0. The van der Waals surface area contributed by atoms with E-state index in [9.17, 15) is 0 Å². The van der Waals surface area contributed by atoms with E-state index in [1.807, 2.05) is 0 Å². The summed E-state index contributed by atoms with van der Waals surface area (Å²) in [6.07, 6.45) is 0. The van der Waals surface area contributed by atoms with Gasteiger partial charge in [-0.2, -0.15) is 0 Å². The number of hydrogen-bond donors (Lipinski definition) is 0. The maximum atomic E-state index is 6.19. The molecule has 0 aromatic heterocycles. The first-order chi connectivity index (χ1) is 5.96. The van der Waals surface area contributed by atoms with Crippen LogP contribution in [0.1, 0.15) is 13.8 Å². The number of hydrogen-bond acceptors (Lipinski definition) is 1. The predicted octanol–water partition coefficient (Wildman–Crippen LogP) is 5.27. The van der Waals surface area contributed by atoms with E-state index >= 15 is 0 Å². The Morgan fingerprint density at radius 3 is 1.21 bits per heavy atom. The molecule has 14 heavy (non-hydrogen) atoms. The maximum absolute atomic E-state index is 6.19. The molecule has 0 amide bonds. The topological polar surface area (TPSA) is 9.23 Å². The lowest BCUT2D eigenvalue weighted by Gasteiger charge is -2.42. The summed E-state index contributed by atoms with van der Waals surface area (Å²) in [6.45, 7) is 18.4. The van der Waals surface area contributed by atoms with E-state index in [0.29, 0.717) is 0 Å². The lowest BCUT2D eigenvalue weighted by molar-refractivity contribution is 0.177. The minimum Gasteiger partial charge on any atom is -0.415 e. The van der Waals surface area contributed by atoms with Gasteiger partial charge in [-0.15, -0.1) is 0 Å². The molecule has 0 bridgehead atoms. The minimum absolute atomic E-state index is 0.122. The van der Waals surface area contributed by atoms with Crippen molar-refractivity contribution in [2.24, 2.45) is 0 Å². The summed E-state index contributed by atoms with van der Waals surface area (Å²) in [5.41, 5.74) is 0. The van der Waals surface area contributed by atoms with Crippen LogP contribution in [0.5, 0.6) is 0 Å². The second kappa shape index (κ2) is 6.56. The van der Waals surface area contributed by atoms with Crippen LogP contribution in [0.3, 0.4) is 0 Å². The quantitative estimate of drug-likeness (QED) is 0.414. The van der Waals surface area contributed by atoms with Crippen LogP contribution in [-0.4, -0.2) is 21.6 Å². The van der Waals surface area contributed by atoms with Crippen LogP contribution in [0, 0.1) is 0 Å². The monoisotopic (exact) mass is 458 g/mol. The third kappa shape index (κ3) is 8.06. The molecule has 1 nitrogen and oxygen atoms in total. The van der Waals surface area contributed by atoms with Gasteiger partial charge in [-0.1, -0.05) is 19.6 Å². The van der Waals surface area contributed by atoms with E-state index in [1.54, 1.807) is 0 Å². The Labute approximate surface area is 115 Å². The zero-order valence-electron chi connectivity index (χ0n) is 10.7. The Bertz CT molecular complexity index is 159. The first kappa shape index (κ1) is 18.2. The fourth-order valence-electron chi connectivity index (χ4n) is 0.919. The van der Waals surface area contributed by atoms with E-state index in [0.717, 1.165) is 0 Å². The summed E-state index contributed by atoms with van der Waals surface area (Å²) >= 11 is 4.24. The molecule has 0 spiro atoms. The molecule has 0 aromatic rings. The van der Waals surface area contributed by atoms with Gasteiger partial charge in [-0.05, 0) is 33.5 Å². The van der Waals surface area contributed by atoms with Crippen molar-refractivity contribution < 1.29 is 4.43 Å². The highest BCUT2D eigenvalue weighted by atomic mass is 128. The third-order valence-corrected chi connectivity index (χ3v) is 7.41. The molecule has 0 aromatic carbocycles. The molecule has 0 aliphatic heterocycles. The van der Waals surface area contributed by atoms with Crippen LogP contribution in [0.15, 0.2) is 0 Å². The SMILES string of the molecule is CC(C)(O[Si](C)(C)C)[Si](C)(C)C.II. The normalized spacial score (nSPS) is 13.3. The molecule has 0 unspecified atom stereocenters.